The van der Waals surface area contributed by atoms with E-state index in [0.29, 0.717) is 18.8 Å². The summed E-state index contributed by atoms with van der Waals surface area (Å²) >= 11 is 0. The van der Waals surface area contributed by atoms with Gasteiger partial charge in [0.1, 0.15) is 11.9 Å². The zero-order valence-corrected chi connectivity index (χ0v) is 19.2. The molecule has 0 bridgehead atoms. The van der Waals surface area contributed by atoms with Crippen molar-refractivity contribution in [3.63, 3.8) is 0 Å². The van der Waals surface area contributed by atoms with E-state index in [0.717, 1.165) is 33.7 Å². The maximum absolute atomic E-state index is 6.39. The molecule has 6 heteroatoms. The molecule has 0 aliphatic rings. The van der Waals surface area contributed by atoms with Gasteiger partial charge in [-0.15, -0.1) is 0 Å². The van der Waals surface area contributed by atoms with Gasteiger partial charge in [-0.25, -0.2) is 4.98 Å². The number of aryl methyl sites for hydroxylation is 4. The third-order valence-electron chi connectivity index (χ3n) is 5.58. The molecule has 3 aromatic rings. The molecule has 0 aliphatic heterocycles. The highest BCUT2D eigenvalue weighted by atomic mass is 16.5. The van der Waals surface area contributed by atoms with Crippen LogP contribution in [0.15, 0.2) is 30.3 Å². The molecule has 0 saturated heterocycles. The summed E-state index contributed by atoms with van der Waals surface area (Å²) in [5.74, 6) is 1.48. The van der Waals surface area contributed by atoms with E-state index in [1.807, 2.05) is 32.0 Å². The number of nitrogen functional groups attached to an aromatic ring is 1. The summed E-state index contributed by atoms with van der Waals surface area (Å²) in [6, 6.07) is 10.3. The number of nitrogens with two attached hydrogens (primary N) is 2. The standard InChI is InChI=1S/C25H32N4O2/c1-14-9-15(2)23(16(3)10-14)18(5)31-24-21(17(4)28-25(27)29-24)12-20-8-7-19(13-26)11-22(20)30-6/h7-11,18H,12-13,26H2,1-6H3,(H2,27,28,29). The van der Waals surface area contributed by atoms with Crippen molar-refractivity contribution in [3.8, 4) is 11.6 Å². The minimum atomic E-state index is -0.186. The van der Waals surface area contributed by atoms with Crippen LogP contribution in [0.2, 0.25) is 0 Å². The van der Waals surface area contributed by atoms with Crippen LogP contribution in [0.3, 0.4) is 0 Å². The molecule has 0 aliphatic carbocycles. The number of rotatable bonds is 7. The van der Waals surface area contributed by atoms with Crippen LogP contribution in [-0.4, -0.2) is 17.1 Å². The molecule has 0 spiro atoms. The lowest BCUT2D eigenvalue weighted by molar-refractivity contribution is 0.213. The molecule has 4 N–H and O–H groups in total. The Hall–Kier alpha value is -3.12. The zero-order valence-electron chi connectivity index (χ0n) is 19.2. The molecule has 1 atom stereocenters. The first-order valence-corrected chi connectivity index (χ1v) is 10.5. The number of hydrogen-bond acceptors (Lipinski definition) is 6. The maximum Gasteiger partial charge on any atom is 0.223 e. The van der Waals surface area contributed by atoms with E-state index in [2.05, 4.69) is 42.9 Å². The van der Waals surface area contributed by atoms with Gasteiger partial charge < -0.3 is 20.9 Å². The molecule has 2 aromatic carbocycles. The fourth-order valence-electron chi connectivity index (χ4n) is 4.20. The number of aromatic nitrogens is 2. The van der Waals surface area contributed by atoms with E-state index in [1.165, 1.54) is 16.7 Å². The highest BCUT2D eigenvalue weighted by molar-refractivity contribution is 5.46. The third kappa shape index (κ3) is 4.97. The number of hydrogen-bond donors (Lipinski definition) is 2. The molecule has 31 heavy (non-hydrogen) atoms. The summed E-state index contributed by atoms with van der Waals surface area (Å²) in [4.78, 5) is 8.82. The van der Waals surface area contributed by atoms with E-state index in [9.17, 15) is 0 Å². The molecule has 1 heterocycles. The predicted octanol–water partition coefficient (Wildman–Crippen LogP) is 4.49. The Balaban J connectivity index is 2.00. The lowest BCUT2D eigenvalue weighted by Gasteiger charge is -2.22. The van der Waals surface area contributed by atoms with Crippen molar-refractivity contribution < 1.29 is 9.47 Å². The first-order valence-electron chi connectivity index (χ1n) is 10.5. The Morgan fingerprint density at radius 3 is 2.29 bits per heavy atom. The van der Waals surface area contributed by atoms with E-state index in [-0.39, 0.29) is 12.1 Å². The van der Waals surface area contributed by atoms with Gasteiger partial charge in [0.15, 0.2) is 0 Å². The second kappa shape index (κ2) is 9.35. The van der Waals surface area contributed by atoms with Crippen LogP contribution < -0.4 is 20.9 Å². The lowest BCUT2D eigenvalue weighted by Crippen LogP contribution is -2.13. The number of methoxy groups -OCH3 is 1. The van der Waals surface area contributed by atoms with E-state index >= 15 is 0 Å². The lowest BCUT2D eigenvalue weighted by atomic mass is 9.96. The van der Waals surface area contributed by atoms with Gasteiger partial charge in [-0.3, -0.25) is 0 Å². The van der Waals surface area contributed by atoms with Crippen LogP contribution in [0.4, 0.5) is 5.95 Å². The summed E-state index contributed by atoms with van der Waals surface area (Å²) in [5, 5.41) is 0. The van der Waals surface area contributed by atoms with Gasteiger partial charge in [0, 0.05) is 18.5 Å². The third-order valence-corrected chi connectivity index (χ3v) is 5.58. The number of nitrogens with zero attached hydrogens (tertiary/aromatic N) is 2. The zero-order chi connectivity index (χ0) is 22.7. The van der Waals surface area contributed by atoms with Gasteiger partial charge in [-0.2, -0.15) is 4.98 Å². The Morgan fingerprint density at radius 2 is 1.68 bits per heavy atom. The summed E-state index contributed by atoms with van der Waals surface area (Å²) in [6.07, 6.45) is 0.378. The second-order valence-corrected chi connectivity index (χ2v) is 8.05. The van der Waals surface area contributed by atoms with Crippen LogP contribution in [-0.2, 0) is 13.0 Å². The minimum Gasteiger partial charge on any atom is -0.496 e. The first kappa shape index (κ1) is 22.6. The molecule has 0 fully saturated rings. The maximum atomic E-state index is 6.39. The average Bonchev–Trinajstić information content (AvgIpc) is 2.69. The van der Waals surface area contributed by atoms with Crippen molar-refractivity contribution in [2.24, 2.45) is 5.73 Å². The monoisotopic (exact) mass is 420 g/mol. The van der Waals surface area contributed by atoms with Crippen molar-refractivity contribution in [3.05, 3.63) is 75.0 Å². The molecular formula is C25H32N4O2. The smallest absolute Gasteiger partial charge is 0.223 e. The summed E-state index contributed by atoms with van der Waals surface area (Å²) in [7, 11) is 1.66. The van der Waals surface area contributed by atoms with Crippen LogP contribution in [0.5, 0.6) is 11.6 Å². The Labute approximate surface area is 184 Å². The second-order valence-electron chi connectivity index (χ2n) is 8.05. The normalized spacial score (nSPS) is 12.0. The number of ether oxygens (including phenoxy) is 2. The largest absolute Gasteiger partial charge is 0.496 e. The van der Waals surface area contributed by atoms with Gasteiger partial charge in [0.05, 0.1) is 12.8 Å². The number of benzene rings is 2. The fraction of sp³-hybridized carbons (Fsp3) is 0.360. The average molecular weight is 421 g/mol. The predicted molar refractivity (Wildman–Crippen MR) is 125 cm³/mol. The molecule has 3 rings (SSSR count). The molecule has 1 unspecified atom stereocenters. The van der Waals surface area contributed by atoms with Crippen molar-refractivity contribution >= 4 is 5.95 Å². The Morgan fingerprint density at radius 1 is 1.00 bits per heavy atom. The Kier molecular flexibility index (Phi) is 6.81. The van der Waals surface area contributed by atoms with Crippen LogP contribution in [0.25, 0.3) is 0 Å². The quantitative estimate of drug-likeness (QED) is 0.585. The van der Waals surface area contributed by atoms with Crippen LogP contribution >= 0.6 is 0 Å². The molecule has 0 amide bonds. The Bertz CT molecular complexity index is 1070. The number of anilines is 1. The minimum absolute atomic E-state index is 0.186. The molecule has 0 saturated carbocycles. The van der Waals surface area contributed by atoms with Crippen LogP contribution in [0.1, 0.15) is 57.7 Å². The van der Waals surface area contributed by atoms with Gasteiger partial charge in [0.2, 0.25) is 11.8 Å². The van der Waals surface area contributed by atoms with Crippen molar-refractivity contribution in [2.75, 3.05) is 12.8 Å². The summed E-state index contributed by atoms with van der Waals surface area (Å²) in [6.45, 7) is 10.7. The van der Waals surface area contributed by atoms with Gasteiger partial charge in [-0.05, 0) is 68.5 Å². The van der Waals surface area contributed by atoms with Gasteiger partial charge in [-0.1, -0.05) is 29.8 Å². The highest BCUT2D eigenvalue weighted by Gasteiger charge is 2.20. The molecule has 0 radical (unpaired) electrons. The summed E-state index contributed by atoms with van der Waals surface area (Å²) < 4.78 is 12.0. The summed E-state index contributed by atoms with van der Waals surface area (Å²) in [5.41, 5.74) is 20.2. The van der Waals surface area contributed by atoms with Crippen molar-refractivity contribution in [1.82, 2.24) is 9.97 Å². The topological polar surface area (TPSA) is 96.3 Å². The molecule has 6 nitrogen and oxygen atoms in total. The molecule has 164 valence electrons. The SMILES string of the molecule is COc1cc(CN)ccc1Cc1c(C)nc(N)nc1OC(C)c1c(C)cc(C)cc1C. The molecular weight excluding hydrogens is 388 g/mol. The van der Waals surface area contributed by atoms with Crippen molar-refractivity contribution in [2.45, 2.75) is 53.7 Å². The molecule has 1 aromatic heterocycles. The van der Waals surface area contributed by atoms with E-state index in [4.69, 9.17) is 20.9 Å². The fourth-order valence-corrected chi connectivity index (χ4v) is 4.20. The van der Waals surface area contributed by atoms with E-state index in [1.54, 1.807) is 7.11 Å². The van der Waals surface area contributed by atoms with Gasteiger partial charge >= 0.3 is 0 Å². The van der Waals surface area contributed by atoms with Gasteiger partial charge in [0.25, 0.3) is 0 Å². The van der Waals surface area contributed by atoms with E-state index < -0.39 is 0 Å². The van der Waals surface area contributed by atoms with Crippen molar-refractivity contribution in [1.29, 1.82) is 0 Å². The van der Waals surface area contributed by atoms with Crippen LogP contribution in [0, 0.1) is 27.7 Å². The first-order chi connectivity index (χ1) is 14.7. The highest BCUT2D eigenvalue weighted by Crippen LogP contribution is 2.32.